The average molecular weight is 314 g/mol. The Kier molecular flexibility index (Phi) is 3.99. The standard InChI is InChI=1S/C8H10BrClN2O2S/c1-12(2)15(13,14)11-6-3-4-8(10)7(9)5-6/h3-5,11H,1-2H3. The van der Waals surface area contributed by atoms with Crippen molar-refractivity contribution in [1.82, 2.24) is 4.31 Å². The highest BCUT2D eigenvalue weighted by atomic mass is 79.9. The fourth-order valence-electron chi connectivity index (χ4n) is 0.800. The molecule has 0 fully saturated rings. The molecule has 0 radical (unpaired) electrons. The van der Waals surface area contributed by atoms with Gasteiger partial charge in [0.25, 0.3) is 0 Å². The lowest BCUT2D eigenvalue weighted by atomic mass is 10.3. The second-order valence-corrected chi connectivity index (χ2v) is 6.16. The fourth-order valence-corrected chi connectivity index (χ4v) is 1.90. The first-order chi connectivity index (χ1) is 6.83. The molecule has 0 aliphatic heterocycles. The van der Waals surface area contributed by atoms with Crippen LogP contribution in [0.2, 0.25) is 5.02 Å². The van der Waals surface area contributed by atoms with Gasteiger partial charge < -0.3 is 0 Å². The Morgan fingerprint density at radius 2 is 2.00 bits per heavy atom. The summed E-state index contributed by atoms with van der Waals surface area (Å²) in [4.78, 5) is 0. The third-order valence-corrected chi connectivity index (χ3v) is 4.32. The van der Waals surface area contributed by atoms with E-state index in [0.29, 0.717) is 15.2 Å². The minimum atomic E-state index is -3.46. The van der Waals surface area contributed by atoms with E-state index in [2.05, 4.69) is 20.7 Å². The largest absolute Gasteiger partial charge is 0.301 e. The number of rotatable bonds is 3. The molecule has 0 aromatic heterocycles. The van der Waals surface area contributed by atoms with Gasteiger partial charge in [0.2, 0.25) is 0 Å². The third-order valence-electron chi connectivity index (χ3n) is 1.65. The van der Waals surface area contributed by atoms with Gasteiger partial charge in [0.1, 0.15) is 0 Å². The molecule has 0 aliphatic rings. The summed E-state index contributed by atoms with van der Waals surface area (Å²) in [5, 5.41) is 0.530. The Balaban J connectivity index is 2.96. The predicted molar refractivity (Wildman–Crippen MR) is 65.4 cm³/mol. The van der Waals surface area contributed by atoms with Crippen molar-refractivity contribution in [3.63, 3.8) is 0 Å². The summed E-state index contributed by atoms with van der Waals surface area (Å²) in [6.07, 6.45) is 0. The van der Waals surface area contributed by atoms with E-state index in [1.54, 1.807) is 18.2 Å². The van der Waals surface area contributed by atoms with Crippen LogP contribution in [0.4, 0.5) is 5.69 Å². The monoisotopic (exact) mass is 312 g/mol. The van der Waals surface area contributed by atoms with Gasteiger partial charge in [-0.15, -0.1) is 0 Å². The van der Waals surface area contributed by atoms with E-state index < -0.39 is 10.2 Å². The molecule has 0 spiro atoms. The zero-order valence-electron chi connectivity index (χ0n) is 8.16. The number of hydrogen-bond donors (Lipinski definition) is 1. The van der Waals surface area contributed by atoms with Crippen LogP contribution in [0.1, 0.15) is 0 Å². The average Bonchev–Trinajstić information content (AvgIpc) is 2.10. The molecule has 0 heterocycles. The van der Waals surface area contributed by atoms with E-state index in [-0.39, 0.29) is 0 Å². The van der Waals surface area contributed by atoms with Crippen LogP contribution in [-0.4, -0.2) is 26.8 Å². The highest BCUT2D eigenvalue weighted by Crippen LogP contribution is 2.26. The molecule has 0 saturated heterocycles. The highest BCUT2D eigenvalue weighted by molar-refractivity contribution is 9.10. The number of halogens is 2. The van der Waals surface area contributed by atoms with Gasteiger partial charge in [-0.05, 0) is 34.1 Å². The molecule has 0 unspecified atom stereocenters. The zero-order valence-corrected chi connectivity index (χ0v) is 11.3. The molecule has 0 bridgehead atoms. The summed E-state index contributed by atoms with van der Waals surface area (Å²) in [6.45, 7) is 0. The lowest BCUT2D eigenvalue weighted by Crippen LogP contribution is -2.28. The quantitative estimate of drug-likeness (QED) is 0.931. The molecule has 0 amide bonds. The van der Waals surface area contributed by atoms with Gasteiger partial charge in [-0.2, -0.15) is 12.7 Å². The molecule has 84 valence electrons. The zero-order chi connectivity index (χ0) is 11.6. The normalized spacial score (nSPS) is 11.8. The van der Waals surface area contributed by atoms with E-state index in [1.165, 1.54) is 14.1 Å². The van der Waals surface area contributed by atoms with Crippen molar-refractivity contribution in [1.29, 1.82) is 0 Å². The summed E-state index contributed by atoms with van der Waals surface area (Å²) in [6, 6.07) is 4.80. The topological polar surface area (TPSA) is 49.4 Å². The van der Waals surface area contributed by atoms with Crippen molar-refractivity contribution < 1.29 is 8.42 Å². The van der Waals surface area contributed by atoms with Gasteiger partial charge in [-0.1, -0.05) is 11.6 Å². The minimum Gasteiger partial charge on any atom is -0.271 e. The minimum absolute atomic E-state index is 0.458. The maximum Gasteiger partial charge on any atom is 0.301 e. The van der Waals surface area contributed by atoms with E-state index in [1.807, 2.05) is 0 Å². The second-order valence-electron chi connectivity index (χ2n) is 3.02. The smallest absolute Gasteiger partial charge is 0.271 e. The summed E-state index contributed by atoms with van der Waals surface area (Å²) < 4.78 is 27.1. The molecular weight excluding hydrogens is 304 g/mol. The Labute approximate surface area is 103 Å². The van der Waals surface area contributed by atoms with Crippen molar-refractivity contribution >= 4 is 43.4 Å². The lowest BCUT2D eigenvalue weighted by Gasteiger charge is -2.13. The first-order valence-corrected chi connectivity index (χ1v) is 6.59. The molecule has 1 aromatic rings. The highest BCUT2D eigenvalue weighted by Gasteiger charge is 2.13. The Morgan fingerprint density at radius 1 is 1.40 bits per heavy atom. The molecule has 0 atom stereocenters. The molecule has 0 aliphatic carbocycles. The predicted octanol–water partition coefficient (Wildman–Crippen LogP) is 2.32. The number of benzene rings is 1. The molecule has 15 heavy (non-hydrogen) atoms. The van der Waals surface area contributed by atoms with Crippen LogP contribution >= 0.6 is 27.5 Å². The van der Waals surface area contributed by atoms with Gasteiger partial charge >= 0.3 is 10.2 Å². The Bertz CT molecular complexity index is 462. The number of nitrogens with zero attached hydrogens (tertiary/aromatic N) is 1. The van der Waals surface area contributed by atoms with Crippen LogP contribution in [-0.2, 0) is 10.2 Å². The second kappa shape index (κ2) is 4.69. The van der Waals surface area contributed by atoms with Crippen molar-refractivity contribution in [3.05, 3.63) is 27.7 Å². The Morgan fingerprint density at radius 3 is 2.47 bits per heavy atom. The van der Waals surface area contributed by atoms with E-state index in [0.717, 1.165) is 4.31 Å². The molecule has 1 rings (SSSR count). The number of anilines is 1. The van der Waals surface area contributed by atoms with Crippen molar-refractivity contribution in [3.8, 4) is 0 Å². The van der Waals surface area contributed by atoms with Crippen LogP contribution < -0.4 is 4.72 Å². The van der Waals surface area contributed by atoms with Crippen LogP contribution in [0.3, 0.4) is 0 Å². The van der Waals surface area contributed by atoms with Gasteiger partial charge in [0.05, 0.1) is 10.7 Å². The van der Waals surface area contributed by atoms with Crippen LogP contribution in [0.5, 0.6) is 0 Å². The fraction of sp³-hybridized carbons (Fsp3) is 0.250. The molecule has 7 heteroatoms. The maximum atomic E-state index is 11.5. The number of nitrogens with one attached hydrogen (secondary N) is 1. The maximum absolute atomic E-state index is 11.5. The summed E-state index contributed by atoms with van der Waals surface area (Å²) >= 11 is 8.99. The van der Waals surface area contributed by atoms with Crippen molar-refractivity contribution in [2.75, 3.05) is 18.8 Å². The van der Waals surface area contributed by atoms with Crippen LogP contribution in [0, 0.1) is 0 Å². The lowest BCUT2D eigenvalue weighted by molar-refractivity contribution is 0.527. The van der Waals surface area contributed by atoms with E-state index >= 15 is 0 Å². The van der Waals surface area contributed by atoms with Gasteiger partial charge in [-0.25, -0.2) is 0 Å². The first-order valence-electron chi connectivity index (χ1n) is 3.98. The summed E-state index contributed by atoms with van der Waals surface area (Å²) in [7, 11) is -0.558. The van der Waals surface area contributed by atoms with Crippen molar-refractivity contribution in [2.24, 2.45) is 0 Å². The van der Waals surface area contributed by atoms with Gasteiger partial charge in [0.15, 0.2) is 0 Å². The molecule has 1 N–H and O–H groups in total. The van der Waals surface area contributed by atoms with E-state index in [9.17, 15) is 8.42 Å². The Hall–Kier alpha value is -0.300. The van der Waals surface area contributed by atoms with Crippen molar-refractivity contribution in [2.45, 2.75) is 0 Å². The molecule has 4 nitrogen and oxygen atoms in total. The molecular formula is C8H10BrClN2O2S. The van der Waals surface area contributed by atoms with Crippen LogP contribution in [0.25, 0.3) is 0 Å². The van der Waals surface area contributed by atoms with E-state index in [4.69, 9.17) is 11.6 Å². The molecule has 1 aromatic carbocycles. The van der Waals surface area contributed by atoms with Gasteiger partial charge in [-0.3, -0.25) is 4.72 Å². The summed E-state index contributed by atoms with van der Waals surface area (Å²) in [5.74, 6) is 0. The third kappa shape index (κ3) is 3.34. The van der Waals surface area contributed by atoms with Gasteiger partial charge in [0, 0.05) is 18.6 Å². The molecule has 0 saturated carbocycles. The SMILES string of the molecule is CN(C)S(=O)(=O)Nc1ccc(Cl)c(Br)c1. The first kappa shape index (κ1) is 12.8. The summed E-state index contributed by atoms with van der Waals surface area (Å²) in [5.41, 5.74) is 0.458. The van der Waals surface area contributed by atoms with Crippen LogP contribution in [0.15, 0.2) is 22.7 Å². The number of hydrogen-bond acceptors (Lipinski definition) is 2.